The fourth-order valence-corrected chi connectivity index (χ4v) is 0.620. The molecular formula is C8H7NO9. The van der Waals surface area contributed by atoms with E-state index in [4.69, 9.17) is 15.6 Å². The summed E-state index contributed by atoms with van der Waals surface area (Å²) in [4.78, 5) is 51.7. The van der Waals surface area contributed by atoms with Crippen LogP contribution in [0.3, 0.4) is 0 Å². The Balaban J connectivity index is 4.03. The molecule has 10 nitrogen and oxygen atoms in total. The van der Waals surface area contributed by atoms with Gasteiger partial charge in [-0.25, -0.2) is 19.2 Å². The van der Waals surface area contributed by atoms with E-state index in [1.54, 1.807) is 0 Å². The number of nitrogens with one attached hydrogen (secondary N) is 1. The Morgan fingerprint density at radius 3 is 1.72 bits per heavy atom. The highest BCUT2D eigenvalue weighted by atomic mass is 16.6. The van der Waals surface area contributed by atoms with E-state index in [1.165, 1.54) is 0 Å². The second-order valence-corrected chi connectivity index (χ2v) is 2.68. The van der Waals surface area contributed by atoms with Crippen molar-refractivity contribution in [2.24, 2.45) is 0 Å². The predicted molar refractivity (Wildman–Crippen MR) is 49.4 cm³/mol. The summed E-state index contributed by atoms with van der Waals surface area (Å²) in [6, 6.07) is 0. The molecule has 0 unspecified atom stereocenters. The maximum absolute atomic E-state index is 10.8. The lowest BCUT2D eigenvalue weighted by Crippen LogP contribution is -2.23. The summed E-state index contributed by atoms with van der Waals surface area (Å²) < 4.78 is 7.73. The van der Waals surface area contributed by atoms with Crippen LogP contribution in [0, 0.1) is 5.41 Å². The summed E-state index contributed by atoms with van der Waals surface area (Å²) >= 11 is 0. The van der Waals surface area contributed by atoms with Crippen LogP contribution in [0.4, 0.5) is 0 Å². The number of hydrogen-bond donors (Lipinski definition) is 3. The third-order valence-corrected chi connectivity index (χ3v) is 1.33. The first-order chi connectivity index (χ1) is 8.23. The van der Waals surface area contributed by atoms with Crippen LogP contribution in [-0.4, -0.2) is 46.0 Å². The third kappa shape index (κ3) is 5.95. The summed E-state index contributed by atoms with van der Waals surface area (Å²) in [5, 5.41) is 23.2. The SMILES string of the molecule is N=C(CCC(=O)OC(=O)C(=O)O)OC(=O)C(=O)O. The minimum Gasteiger partial charge on any atom is -0.473 e. The van der Waals surface area contributed by atoms with Gasteiger partial charge in [-0.05, 0) is 0 Å². The lowest BCUT2D eigenvalue weighted by molar-refractivity contribution is -0.170. The van der Waals surface area contributed by atoms with Gasteiger partial charge in [-0.1, -0.05) is 0 Å². The molecule has 0 heterocycles. The van der Waals surface area contributed by atoms with Gasteiger partial charge < -0.3 is 19.7 Å². The molecule has 98 valence electrons. The van der Waals surface area contributed by atoms with Gasteiger partial charge in [0.1, 0.15) is 0 Å². The minimum atomic E-state index is -1.96. The van der Waals surface area contributed by atoms with E-state index >= 15 is 0 Å². The molecule has 0 spiro atoms. The van der Waals surface area contributed by atoms with Gasteiger partial charge in [0.05, 0.1) is 6.42 Å². The molecule has 0 rings (SSSR count). The van der Waals surface area contributed by atoms with Crippen LogP contribution in [0.1, 0.15) is 12.8 Å². The van der Waals surface area contributed by atoms with Crippen LogP contribution in [-0.2, 0) is 33.4 Å². The van der Waals surface area contributed by atoms with Gasteiger partial charge in [-0.15, -0.1) is 0 Å². The van der Waals surface area contributed by atoms with Gasteiger partial charge in [-0.2, -0.15) is 0 Å². The maximum Gasteiger partial charge on any atom is 0.424 e. The Kier molecular flexibility index (Phi) is 5.69. The number of carboxylic acid groups (broad SMARTS) is 2. The molecule has 18 heavy (non-hydrogen) atoms. The molecule has 0 amide bonds. The van der Waals surface area contributed by atoms with Crippen LogP contribution in [0.5, 0.6) is 0 Å². The van der Waals surface area contributed by atoms with Crippen LogP contribution >= 0.6 is 0 Å². The quantitative estimate of drug-likeness (QED) is 0.180. The van der Waals surface area contributed by atoms with E-state index in [2.05, 4.69) is 9.47 Å². The Hall–Kier alpha value is -2.78. The van der Waals surface area contributed by atoms with Crippen LogP contribution in [0.25, 0.3) is 0 Å². The molecular weight excluding hydrogens is 254 g/mol. The molecule has 0 aromatic carbocycles. The highest BCUT2D eigenvalue weighted by Gasteiger charge is 2.20. The number of carboxylic acids is 2. The maximum atomic E-state index is 10.8. The second kappa shape index (κ2) is 6.73. The summed E-state index contributed by atoms with van der Waals surface area (Å²) in [7, 11) is 0. The van der Waals surface area contributed by atoms with Crippen molar-refractivity contribution in [1.82, 2.24) is 0 Å². The fourth-order valence-electron chi connectivity index (χ4n) is 0.620. The zero-order valence-corrected chi connectivity index (χ0v) is 8.67. The lowest BCUT2D eigenvalue weighted by Gasteiger charge is -2.02. The summed E-state index contributed by atoms with van der Waals surface area (Å²) in [5.41, 5.74) is 0. The standard InChI is InChI=1S/C8H7NO9/c9-3(17-7(15)5(11)12)1-2-4(10)18-8(16)6(13)14/h9H,1-2H2,(H,11,12)(H,13,14). The van der Waals surface area contributed by atoms with Crippen molar-refractivity contribution in [3.05, 3.63) is 0 Å². The van der Waals surface area contributed by atoms with Crippen molar-refractivity contribution >= 4 is 35.7 Å². The average molecular weight is 261 g/mol. The van der Waals surface area contributed by atoms with Crippen LogP contribution in [0.15, 0.2) is 0 Å². The molecule has 3 N–H and O–H groups in total. The normalized spacial score (nSPS) is 9.11. The van der Waals surface area contributed by atoms with E-state index < -0.39 is 48.6 Å². The summed E-state index contributed by atoms with van der Waals surface area (Å²) in [5.74, 6) is -9.44. The first kappa shape index (κ1) is 15.2. The molecule has 0 aromatic rings. The van der Waals surface area contributed by atoms with Crippen molar-refractivity contribution in [2.45, 2.75) is 12.8 Å². The highest BCUT2D eigenvalue weighted by Crippen LogP contribution is 1.97. The smallest absolute Gasteiger partial charge is 0.424 e. The fraction of sp³-hybridized carbons (Fsp3) is 0.250. The lowest BCUT2D eigenvalue weighted by atomic mass is 10.3. The zero-order chi connectivity index (χ0) is 14.3. The van der Waals surface area contributed by atoms with Gasteiger partial charge in [0.2, 0.25) is 0 Å². The summed E-state index contributed by atoms with van der Waals surface area (Å²) in [6.45, 7) is 0. The van der Waals surface area contributed by atoms with E-state index in [0.29, 0.717) is 0 Å². The van der Waals surface area contributed by atoms with E-state index in [9.17, 15) is 24.0 Å². The van der Waals surface area contributed by atoms with Crippen molar-refractivity contribution in [3.63, 3.8) is 0 Å². The first-order valence-electron chi connectivity index (χ1n) is 4.24. The molecule has 0 aromatic heterocycles. The predicted octanol–water partition coefficient (Wildman–Crippen LogP) is -1.47. The second-order valence-electron chi connectivity index (χ2n) is 2.68. The topological polar surface area (TPSA) is 168 Å². The van der Waals surface area contributed by atoms with E-state index in [-0.39, 0.29) is 0 Å². The Bertz CT molecular complexity index is 384. The van der Waals surface area contributed by atoms with Crippen molar-refractivity contribution in [2.75, 3.05) is 0 Å². The van der Waals surface area contributed by atoms with E-state index in [1.807, 2.05) is 0 Å². The number of ether oxygens (including phenoxy) is 2. The number of esters is 3. The van der Waals surface area contributed by atoms with Gasteiger partial charge in [0.25, 0.3) is 0 Å². The van der Waals surface area contributed by atoms with Gasteiger partial charge in [0, 0.05) is 6.42 Å². The number of rotatable bonds is 3. The van der Waals surface area contributed by atoms with E-state index in [0.717, 1.165) is 0 Å². The molecule has 0 radical (unpaired) electrons. The molecule has 0 saturated carbocycles. The van der Waals surface area contributed by atoms with Crippen molar-refractivity contribution in [3.8, 4) is 0 Å². The van der Waals surface area contributed by atoms with Crippen molar-refractivity contribution < 1.29 is 43.7 Å². The Morgan fingerprint density at radius 1 is 0.833 bits per heavy atom. The first-order valence-corrected chi connectivity index (χ1v) is 4.24. The third-order valence-electron chi connectivity index (χ3n) is 1.33. The minimum absolute atomic E-state index is 0.523. The molecule has 0 fully saturated rings. The molecule has 0 atom stereocenters. The van der Waals surface area contributed by atoms with Gasteiger partial charge >= 0.3 is 29.8 Å². The Morgan fingerprint density at radius 2 is 1.28 bits per heavy atom. The largest absolute Gasteiger partial charge is 0.473 e. The molecule has 0 bridgehead atoms. The van der Waals surface area contributed by atoms with Crippen LogP contribution in [0.2, 0.25) is 0 Å². The number of carbonyl (C=O) groups is 5. The monoisotopic (exact) mass is 261 g/mol. The Labute approximate surface area is 98.6 Å². The number of aliphatic carboxylic acids is 2. The average Bonchev–Trinajstić information content (AvgIpc) is 2.25. The molecule has 0 saturated heterocycles. The molecule has 0 aliphatic carbocycles. The van der Waals surface area contributed by atoms with Crippen LogP contribution < -0.4 is 0 Å². The van der Waals surface area contributed by atoms with Crippen molar-refractivity contribution in [1.29, 1.82) is 5.41 Å². The number of carbonyl (C=O) groups excluding carboxylic acids is 3. The van der Waals surface area contributed by atoms with Gasteiger partial charge in [-0.3, -0.25) is 10.2 Å². The highest BCUT2D eigenvalue weighted by molar-refractivity contribution is 6.31. The molecule has 10 heteroatoms. The number of hydrogen-bond acceptors (Lipinski definition) is 8. The molecule has 0 aliphatic rings. The van der Waals surface area contributed by atoms with Gasteiger partial charge in [0.15, 0.2) is 5.90 Å². The zero-order valence-electron chi connectivity index (χ0n) is 8.67. The molecule has 0 aliphatic heterocycles. The summed E-state index contributed by atoms with van der Waals surface area (Å²) in [6.07, 6.45) is -1.14.